The minimum atomic E-state index is -4.85. The molecule has 0 amide bonds. The number of hydrogen-bond donors (Lipinski definition) is 1. The summed E-state index contributed by atoms with van der Waals surface area (Å²) < 4.78 is 97.5. The summed E-state index contributed by atoms with van der Waals surface area (Å²) in [7, 11) is 0. The summed E-state index contributed by atoms with van der Waals surface area (Å²) >= 11 is 0. The van der Waals surface area contributed by atoms with Crippen molar-refractivity contribution in [3.63, 3.8) is 0 Å². The fraction of sp³-hybridized carbons (Fsp3) is 0.517. The summed E-state index contributed by atoms with van der Waals surface area (Å²) in [6.45, 7) is 9.34. The van der Waals surface area contributed by atoms with Crippen LogP contribution >= 0.6 is 0 Å². The largest absolute Gasteiger partial charge is 0.573 e. The molecule has 230 valence electrons. The number of ether oxygens (including phenoxy) is 3. The molecule has 0 atom stereocenters. The molecule has 2 heterocycles. The van der Waals surface area contributed by atoms with E-state index in [0.717, 1.165) is 18.2 Å². The Bertz CT molecular complexity index is 1410. The Hall–Kier alpha value is -3.48. The maximum atomic E-state index is 14.3. The summed E-state index contributed by atoms with van der Waals surface area (Å²) in [6, 6.07) is 7.00. The van der Waals surface area contributed by atoms with Gasteiger partial charge in [-0.15, -0.1) is 13.2 Å². The van der Waals surface area contributed by atoms with Crippen LogP contribution in [0.4, 0.5) is 38.0 Å². The average Bonchev–Trinajstić information content (AvgIpc) is 3.17. The highest BCUT2D eigenvalue weighted by molar-refractivity contribution is 5.82. The van der Waals surface area contributed by atoms with Crippen molar-refractivity contribution in [2.24, 2.45) is 0 Å². The second-order valence-corrected chi connectivity index (χ2v) is 11.5. The number of alkyl halides is 6. The second-order valence-electron chi connectivity index (χ2n) is 11.5. The molecular formula is C29H33F6N3O4. The predicted molar refractivity (Wildman–Crippen MR) is 144 cm³/mol. The monoisotopic (exact) mass is 601 g/mol. The van der Waals surface area contributed by atoms with Crippen LogP contribution in [0.15, 0.2) is 36.4 Å². The molecular weight excluding hydrogens is 568 g/mol. The molecule has 42 heavy (non-hydrogen) atoms. The molecule has 1 aromatic heterocycles. The van der Waals surface area contributed by atoms with Crippen molar-refractivity contribution in [1.82, 2.24) is 9.55 Å². The van der Waals surface area contributed by atoms with Crippen LogP contribution in [-0.2, 0) is 26.9 Å². The van der Waals surface area contributed by atoms with Crippen molar-refractivity contribution in [1.29, 1.82) is 0 Å². The van der Waals surface area contributed by atoms with Gasteiger partial charge in [0.2, 0.25) is 5.95 Å². The molecule has 0 saturated carbocycles. The molecule has 1 saturated heterocycles. The van der Waals surface area contributed by atoms with Gasteiger partial charge in [-0.3, -0.25) is 4.79 Å². The lowest BCUT2D eigenvalue weighted by molar-refractivity contribution is -0.274. The Morgan fingerprint density at radius 3 is 2.21 bits per heavy atom. The van der Waals surface area contributed by atoms with Crippen LogP contribution in [0.1, 0.15) is 71.0 Å². The van der Waals surface area contributed by atoms with E-state index in [1.807, 2.05) is 27.7 Å². The predicted octanol–water partition coefficient (Wildman–Crippen LogP) is 8.10. The highest BCUT2D eigenvalue weighted by atomic mass is 19.4. The van der Waals surface area contributed by atoms with Gasteiger partial charge in [0.15, 0.2) is 0 Å². The van der Waals surface area contributed by atoms with E-state index in [2.05, 4.69) is 15.0 Å². The van der Waals surface area contributed by atoms with E-state index < -0.39 is 41.0 Å². The molecule has 0 bridgehead atoms. The molecule has 4 rings (SSSR count). The lowest BCUT2D eigenvalue weighted by atomic mass is 9.85. The number of imidazole rings is 1. The minimum Gasteiger partial charge on any atom is -0.466 e. The van der Waals surface area contributed by atoms with Crippen LogP contribution in [0.2, 0.25) is 0 Å². The van der Waals surface area contributed by atoms with Crippen molar-refractivity contribution in [2.45, 2.75) is 90.1 Å². The molecule has 1 fully saturated rings. The number of esters is 1. The number of nitrogens with zero attached hydrogens (tertiary/aromatic N) is 2. The van der Waals surface area contributed by atoms with Gasteiger partial charge in [0, 0.05) is 18.2 Å². The number of rotatable bonds is 8. The van der Waals surface area contributed by atoms with Gasteiger partial charge in [-0.05, 0) is 95.8 Å². The topological polar surface area (TPSA) is 74.6 Å². The van der Waals surface area contributed by atoms with Crippen molar-refractivity contribution in [2.75, 3.05) is 11.9 Å². The molecule has 0 aliphatic carbocycles. The van der Waals surface area contributed by atoms with Crippen LogP contribution in [0.3, 0.4) is 0 Å². The highest BCUT2D eigenvalue weighted by Crippen LogP contribution is 2.45. The van der Waals surface area contributed by atoms with Crippen LogP contribution < -0.4 is 10.1 Å². The van der Waals surface area contributed by atoms with E-state index in [9.17, 15) is 31.1 Å². The summed E-state index contributed by atoms with van der Waals surface area (Å²) in [5.41, 5.74) is -1.35. The number of benzene rings is 2. The van der Waals surface area contributed by atoms with Crippen LogP contribution in [0.5, 0.6) is 5.75 Å². The molecule has 2 aromatic carbocycles. The van der Waals surface area contributed by atoms with E-state index in [1.165, 1.54) is 18.2 Å². The number of fused-ring (bicyclic) bond motifs is 1. The third kappa shape index (κ3) is 7.67. The number of halogens is 6. The number of aryl methyl sites for hydroxylation is 1. The third-order valence-corrected chi connectivity index (χ3v) is 6.84. The zero-order valence-electron chi connectivity index (χ0n) is 23.9. The number of carbonyl (C=O) groups is 1. The Labute approximate surface area is 239 Å². The first-order valence-corrected chi connectivity index (χ1v) is 13.5. The molecule has 13 heteroatoms. The third-order valence-electron chi connectivity index (χ3n) is 6.84. The smallest absolute Gasteiger partial charge is 0.466 e. The van der Waals surface area contributed by atoms with E-state index in [-0.39, 0.29) is 48.0 Å². The lowest BCUT2D eigenvalue weighted by Gasteiger charge is -2.46. The number of aromatic nitrogens is 2. The molecule has 1 N–H and O–H groups in total. The number of hydrogen-bond acceptors (Lipinski definition) is 6. The van der Waals surface area contributed by atoms with Crippen molar-refractivity contribution < 1.29 is 45.3 Å². The van der Waals surface area contributed by atoms with Crippen molar-refractivity contribution in [3.8, 4) is 5.75 Å². The van der Waals surface area contributed by atoms with Gasteiger partial charge in [0.1, 0.15) is 5.75 Å². The Balaban J connectivity index is 1.83. The quantitative estimate of drug-likeness (QED) is 0.208. The van der Waals surface area contributed by atoms with Gasteiger partial charge >= 0.3 is 18.5 Å². The van der Waals surface area contributed by atoms with Gasteiger partial charge in [-0.2, -0.15) is 13.2 Å². The molecule has 3 aromatic rings. The maximum Gasteiger partial charge on any atom is 0.573 e. The summed E-state index contributed by atoms with van der Waals surface area (Å²) in [6.07, 6.45) is -9.07. The normalized spacial score (nSPS) is 17.3. The van der Waals surface area contributed by atoms with Gasteiger partial charge < -0.3 is 24.1 Å². The first-order chi connectivity index (χ1) is 19.4. The van der Waals surface area contributed by atoms with Crippen molar-refractivity contribution in [3.05, 3.63) is 47.5 Å². The van der Waals surface area contributed by atoms with E-state index >= 15 is 0 Å². The molecule has 0 radical (unpaired) electrons. The standard InChI is InChI=1S/C29H33F6N3O4/c1-6-40-24(39)12-7-17-13-22-23(14-21(17)28(30,31)32)38(19-15-26(2,3)42-27(4,5)16-19)25(37-22)36-18-8-10-20(11-9-18)41-29(33,34)35/h8-11,13-14,19H,6-7,12,15-16H2,1-5H3,(H,36,37). The highest BCUT2D eigenvalue weighted by Gasteiger charge is 2.42. The summed E-state index contributed by atoms with van der Waals surface area (Å²) in [5.74, 6) is -0.817. The van der Waals surface area contributed by atoms with Gasteiger partial charge in [-0.25, -0.2) is 4.98 Å². The number of carbonyl (C=O) groups excluding carboxylic acids is 1. The SMILES string of the molecule is CCOC(=O)CCc1cc2nc(Nc3ccc(OC(F)(F)F)cc3)n(C3CC(C)(C)OC(C)(C)C3)c2cc1C(F)(F)F. The van der Waals surface area contributed by atoms with Gasteiger partial charge in [0.25, 0.3) is 0 Å². The second kappa shape index (κ2) is 11.3. The first kappa shape index (κ1) is 31.5. The van der Waals surface area contributed by atoms with E-state index in [4.69, 9.17) is 9.47 Å². The molecule has 1 aliphatic rings. The number of anilines is 2. The van der Waals surface area contributed by atoms with Crippen LogP contribution in [-0.4, -0.2) is 39.7 Å². The Morgan fingerprint density at radius 2 is 1.67 bits per heavy atom. The van der Waals surface area contributed by atoms with Crippen LogP contribution in [0, 0.1) is 0 Å². The van der Waals surface area contributed by atoms with E-state index in [1.54, 1.807) is 11.5 Å². The first-order valence-electron chi connectivity index (χ1n) is 13.5. The fourth-order valence-corrected chi connectivity index (χ4v) is 5.67. The molecule has 1 aliphatic heterocycles. The van der Waals surface area contributed by atoms with Gasteiger partial charge in [-0.1, -0.05) is 0 Å². The minimum absolute atomic E-state index is 0.0967. The summed E-state index contributed by atoms with van der Waals surface area (Å²) in [5, 5.41) is 3.07. The zero-order valence-corrected chi connectivity index (χ0v) is 23.9. The van der Waals surface area contributed by atoms with Crippen molar-refractivity contribution >= 4 is 28.6 Å². The average molecular weight is 602 g/mol. The maximum absolute atomic E-state index is 14.3. The van der Waals surface area contributed by atoms with Gasteiger partial charge in [0.05, 0.1) is 34.4 Å². The molecule has 0 unspecified atom stereocenters. The zero-order chi connectivity index (χ0) is 31.1. The lowest BCUT2D eigenvalue weighted by Crippen LogP contribution is -2.45. The molecule has 7 nitrogen and oxygen atoms in total. The van der Waals surface area contributed by atoms with Crippen LogP contribution in [0.25, 0.3) is 11.0 Å². The summed E-state index contributed by atoms with van der Waals surface area (Å²) in [4.78, 5) is 16.5. The van der Waals surface area contributed by atoms with E-state index in [0.29, 0.717) is 18.5 Å². The molecule has 0 spiro atoms. The number of nitrogens with one attached hydrogen (secondary N) is 1. The fourth-order valence-electron chi connectivity index (χ4n) is 5.67. The Kier molecular flexibility index (Phi) is 8.47. The Morgan fingerprint density at radius 1 is 1.05 bits per heavy atom.